The number of aliphatic hydroxyl groups is 2. The number of rotatable bonds is 7. The van der Waals surface area contributed by atoms with Gasteiger partial charge in [-0.05, 0) is 27.2 Å². The number of benzene rings is 2. The van der Waals surface area contributed by atoms with E-state index in [0.29, 0.717) is 0 Å². The summed E-state index contributed by atoms with van der Waals surface area (Å²) in [5.41, 5.74) is 8.26. The smallest absolute Gasteiger partial charge is 0.261 e. The highest BCUT2D eigenvalue weighted by Gasteiger charge is 2.52. The SMILES string of the molecule is CS[C@@H]1OC(CO[Si](c2ccccc2)(c2ccccc2)C(C)(C)C)[C@H](O)[C@H](O)C1N=[N+]=[N-]. The molecular weight excluding hydrogens is 442 g/mol. The van der Waals surface area contributed by atoms with Crippen molar-refractivity contribution < 1.29 is 19.4 Å². The second-order valence-corrected chi connectivity index (χ2v) is 14.2. The molecule has 32 heavy (non-hydrogen) atoms. The zero-order valence-electron chi connectivity index (χ0n) is 18.8. The summed E-state index contributed by atoms with van der Waals surface area (Å²) in [5.74, 6) is 0. The summed E-state index contributed by atoms with van der Waals surface area (Å²) in [4.78, 5) is 2.80. The molecule has 1 saturated heterocycles. The van der Waals surface area contributed by atoms with Crippen LogP contribution in [-0.2, 0) is 9.16 Å². The second kappa shape index (κ2) is 10.4. The molecule has 0 radical (unpaired) electrons. The molecule has 1 fully saturated rings. The molecule has 0 aliphatic carbocycles. The van der Waals surface area contributed by atoms with E-state index in [1.54, 1.807) is 0 Å². The van der Waals surface area contributed by atoms with E-state index in [1.807, 2.05) is 42.7 Å². The Hall–Kier alpha value is -1.84. The predicted molar refractivity (Wildman–Crippen MR) is 131 cm³/mol. The van der Waals surface area contributed by atoms with Crippen LogP contribution in [0.25, 0.3) is 10.4 Å². The Labute approximate surface area is 194 Å². The number of hydrogen-bond acceptors (Lipinski definition) is 6. The Morgan fingerprint density at radius 2 is 1.56 bits per heavy atom. The Bertz CT molecular complexity index is 880. The zero-order chi connectivity index (χ0) is 23.4. The monoisotopic (exact) mass is 473 g/mol. The number of azide groups is 1. The topological polar surface area (TPSA) is 108 Å². The van der Waals surface area contributed by atoms with Crippen LogP contribution in [0.5, 0.6) is 0 Å². The largest absolute Gasteiger partial charge is 0.405 e. The molecule has 1 heterocycles. The number of thioether (sulfide) groups is 1. The molecular formula is C23H31N3O4SSi. The summed E-state index contributed by atoms with van der Waals surface area (Å²) in [5, 5.41) is 27.0. The maximum Gasteiger partial charge on any atom is 0.261 e. The number of ether oxygens (including phenoxy) is 1. The summed E-state index contributed by atoms with van der Waals surface area (Å²) in [6, 6.07) is 19.5. The Balaban J connectivity index is 1.99. The minimum absolute atomic E-state index is 0.103. The van der Waals surface area contributed by atoms with Gasteiger partial charge in [0.05, 0.1) is 12.7 Å². The molecule has 0 bridgehead atoms. The minimum atomic E-state index is -2.81. The third-order valence-electron chi connectivity index (χ3n) is 5.97. The predicted octanol–water partition coefficient (Wildman–Crippen LogP) is 3.05. The van der Waals surface area contributed by atoms with E-state index in [0.717, 1.165) is 10.4 Å². The number of nitrogens with zero attached hydrogens (tertiary/aromatic N) is 3. The first-order valence-electron chi connectivity index (χ1n) is 10.6. The molecule has 0 spiro atoms. The average molecular weight is 474 g/mol. The van der Waals surface area contributed by atoms with Crippen LogP contribution in [-0.4, -0.2) is 61.2 Å². The fourth-order valence-corrected chi connectivity index (χ4v) is 9.72. The van der Waals surface area contributed by atoms with Gasteiger partial charge < -0.3 is 19.4 Å². The van der Waals surface area contributed by atoms with E-state index in [9.17, 15) is 10.2 Å². The van der Waals surface area contributed by atoms with Crippen LogP contribution < -0.4 is 10.4 Å². The Kier molecular flexibility index (Phi) is 8.05. The highest BCUT2D eigenvalue weighted by Crippen LogP contribution is 2.38. The van der Waals surface area contributed by atoms with Gasteiger partial charge in [-0.15, -0.1) is 11.8 Å². The molecule has 9 heteroatoms. The molecule has 1 aliphatic heterocycles. The van der Waals surface area contributed by atoms with Gasteiger partial charge in [0.15, 0.2) is 0 Å². The molecule has 3 rings (SSSR count). The lowest BCUT2D eigenvalue weighted by Gasteiger charge is -2.46. The fourth-order valence-electron chi connectivity index (χ4n) is 4.40. The second-order valence-electron chi connectivity index (χ2n) is 8.93. The summed E-state index contributed by atoms with van der Waals surface area (Å²) in [6.45, 7) is 6.63. The quantitative estimate of drug-likeness (QED) is 0.278. The van der Waals surface area contributed by atoms with Gasteiger partial charge in [-0.1, -0.05) is 86.5 Å². The summed E-state index contributed by atoms with van der Waals surface area (Å²) < 4.78 is 12.9. The molecule has 2 aromatic rings. The molecule has 0 aromatic heterocycles. The first-order chi connectivity index (χ1) is 15.3. The van der Waals surface area contributed by atoms with Crippen molar-refractivity contribution in [3.63, 3.8) is 0 Å². The van der Waals surface area contributed by atoms with Gasteiger partial charge in [0.2, 0.25) is 0 Å². The molecule has 172 valence electrons. The van der Waals surface area contributed by atoms with Crippen LogP contribution in [0.2, 0.25) is 5.04 Å². The molecule has 5 atom stereocenters. The molecule has 2 N–H and O–H groups in total. The van der Waals surface area contributed by atoms with Gasteiger partial charge in [-0.3, -0.25) is 0 Å². The van der Waals surface area contributed by atoms with E-state index >= 15 is 0 Å². The van der Waals surface area contributed by atoms with Crippen molar-refractivity contribution in [1.82, 2.24) is 0 Å². The Morgan fingerprint density at radius 3 is 2.00 bits per heavy atom. The van der Waals surface area contributed by atoms with E-state index < -0.39 is 38.1 Å². The van der Waals surface area contributed by atoms with Gasteiger partial charge in [-0.2, -0.15) is 0 Å². The maximum atomic E-state index is 10.8. The normalized spacial score (nSPS) is 26.4. The zero-order valence-corrected chi connectivity index (χ0v) is 20.6. The summed E-state index contributed by atoms with van der Waals surface area (Å²) in [6.07, 6.45) is -1.40. The van der Waals surface area contributed by atoms with Crippen LogP contribution in [0, 0.1) is 0 Å². The third kappa shape index (κ3) is 4.74. The highest BCUT2D eigenvalue weighted by atomic mass is 32.2. The first kappa shape index (κ1) is 24.8. The number of hydrogen-bond donors (Lipinski definition) is 2. The average Bonchev–Trinajstić information content (AvgIpc) is 2.79. The van der Waals surface area contributed by atoms with Gasteiger partial charge in [-0.25, -0.2) is 0 Å². The standard InChI is InChI=1S/C23H31N3O4SSi/c1-23(2,3)32(16-11-7-5-8-12-16,17-13-9-6-10-14-17)29-15-18-20(27)21(28)19(25-26-24)22(30-18)31-4/h5-14,18-22,27-28H,15H2,1-4H3/t18?,19?,20-,21+,22-/m0/s1. The van der Waals surface area contributed by atoms with Crippen LogP contribution >= 0.6 is 11.8 Å². The van der Waals surface area contributed by atoms with Gasteiger partial charge in [0.1, 0.15) is 23.7 Å². The van der Waals surface area contributed by atoms with Crippen molar-refractivity contribution in [2.75, 3.05) is 12.9 Å². The summed E-state index contributed by atoms with van der Waals surface area (Å²) >= 11 is 1.33. The molecule has 2 unspecified atom stereocenters. The van der Waals surface area contributed by atoms with Crippen molar-refractivity contribution in [1.29, 1.82) is 0 Å². The number of aliphatic hydroxyl groups excluding tert-OH is 2. The maximum absolute atomic E-state index is 10.8. The van der Waals surface area contributed by atoms with E-state index in [-0.39, 0.29) is 11.6 Å². The third-order valence-corrected chi connectivity index (χ3v) is 11.8. The van der Waals surface area contributed by atoms with Crippen LogP contribution in [0.15, 0.2) is 65.8 Å². The van der Waals surface area contributed by atoms with E-state index in [2.05, 4.69) is 55.1 Å². The molecule has 7 nitrogen and oxygen atoms in total. The lowest BCUT2D eigenvalue weighted by molar-refractivity contribution is -0.163. The molecule has 0 saturated carbocycles. The van der Waals surface area contributed by atoms with E-state index in [4.69, 9.17) is 14.7 Å². The van der Waals surface area contributed by atoms with Gasteiger partial charge >= 0.3 is 0 Å². The molecule has 1 aliphatic rings. The van der Waals surface area contributed by atoms with Crippen LogP contribution in [0.1, 0.15) is 20.8 Å². The van der Waals surface area contributed by atoms with Crippen LogP contribution in [0.3, 0.4) is 0 Å². The first-order valence-corrected chi connectivity index (χ1v) is 13.8. The lowest BCUT2D eigenvalue weighted by Crippen LogP contribution is -2.68. The van der Waals surface area contributed by atoms with Gasteiger partial charge in [0, 0.05) is 4.91 Å². The van der Waals surface area contributed by atoms with Crippen molar-refractivity contribution in [3.05, 3.63) is 71.1 Å². The van der Waals surface area contributed by atoms with E-state index in [1.165, 1.54) is 11.8 Å². The van der Waals surface area contributed by atoms with Crippen molar-refractivity contribution in [2.45, 2.75) is 55.6 Å². The Morgan fingerprint density at radius 1 is 1.03 bits per heavy atom. The highest BCUT2D eigenvalue weighted by molar-refractivity contribution is 7.99. The van der Waals surface area contributed by atoms with Gasteiger partial charge in [0.25, 0.3) is 8.32 Å². The fraction of sp³-hybridized carbons (Fsp3) is 0.478. The summed E-state index contributed by atoms with van der Waals surface area (Å²) in [7, 11) is -2.81. The van der Waals surface area contributed by atoms with Crippen molar-refractivity contribution >= 4 is 30.5 Å². The van der Waals surface area contributed by atoms with Crippen molar-refractivity contribution in [2.24, 2.45) is 5.11 Å². The molecule has 2 aromatic carbocycles. The van der Waals surface area contributed by atoms with Crippen molar-refractivity contribution in [3.8, 4) is 0 Å². The molecule has 0 amide bonds. The van der Waals surface area contributed by atoms with Crippen LogP contribution in [0.4, 0.5) is 0 Å². The minimum Gasteiger partial charge on any atom is -0.405 e. The lowest BCUT2D eigenvalue weighted by atomic mass is 9.99.